The number of piperidine rings is 1. The molecule has 1 heterocycles. The molecule has 1 aliphatic heterocycles. The van der Waals surface area contributed by atoms with Gasteiger partial charge in [-0.3, -0.25) is 4.79 Å². The highest BCUT2D eigenvalue weighted by Gasteiger charge is 2.24. The number of hydrogen-bond donors (Lipinski definition) is 2. The molecule has 4 rings (SSSR count). The van der Waals surface area contributed by atoms with Gasteiger partial charge in [-0.05, 0) is 98.3 Å². The van der Waals surface area contributed by atoms with Crippen molar-refractivity contribution in [2.75, 3.05) is 25.5 Å². The molecule has 5 heteroatoms. The van der Waals surface area contributed by atoms with Crippen LogP contribution in [0.5, 0.6) is 5.75 Å². The van der Waals surface area contributed by atoms with Gasteiger partial charge in [0.15, 0.2) is 0 Å². The van der Waals surface area contributed by atoms with E-state index in [0.717, 1.165) is 54.1 Å². The molecule has 0 aliphatic carbocycles. The number of methoxy groups -OCH3 is 1. The topological polar surface area (TPSA) is 61.8 Å². The number of carbonyl (C=O) groups excluding carboxylic acids is 1. The second-order valence-corrected chi connectivity index (χ2v) is 9.21. The Morgan fingerprint density at radius 3 is 2.41 bits per heavy atom. The first kappa shape index (κ1) is 24.0. The van der Waals surface area contributed by atoms with Crippen molar-refractivity contribution in [2.45, 2.75) is 45.3 Å². The van der Waals surface area contributed by atoms with Crippen LogP contribution < -0.4 is 10.1 Å². The van der Waals surface area contributed by atoms with Crippen LogP contribution in [0.3, 0.4) is 0 Å². The molecule has 2 N–H and O–H groups in total. The molecule has 0 aromatic heterocycles. The van der Waals surface area contributed by atoms with Crippen LogP contribution >= 0.6 is 0 Å². The van der Waals surface area contributed by atoms with Gasteiger partial charge < -0.3 is 20.1 Å². The lowest BCUT2D eigenvalue weighted by Crippen LogP contribution is -2.37. The number of nitrogens with one attached hydrogen (secondary N) is 1. The van der Waals surface area contributed by atoms with Crippen molar-refractivity contribution in [3.8, 4) is 16.9 Å². The van der Waals surface area contributed by atoms with Crippen molar-refractivity contribution in [3.63, 3.8) is 0 Å². The predicted octanol–water partition coefficient (Wildman–Crippen LogP) is 5.69. The molecular formula is C29H34N2O3. The molecule has 1 amide bonds. The number of amides is 1. The number of anilines is 1. The van der Waals surface area contributed by atoms with Crippen molar-refractivity contribution in [3.05, 3.63) is 83.4 Å². The molecule has 5 nitrogen and oxygen atoms in total. The number of rotatable bonds is 7. The number of nitrogens with zero attached hydrogens (tertiary/aromatic N) is 1. The second kappa shape index (κ2) is 10.9. The Morgan fingerprint density at radius 1 is 1.06 bits per heavy atom. The van der Waals surface area contributed by atoms with E-state index in [1.165, 1.54) is 5.56 Å². The third kappa shape index (κ3) is 5.32. The largest absolute Gasteiger partial charge is 0.496 e. The summed E-state index contributed by atoms with van der Waals surface area (Å²) in [5.74, 6) is 1.16. The lowest BCUT2D eigenvalue weighted by molar-refractivity contribution is 0.102. The number of ether oxygens (including phenoxy) is 1. The van der Waals surface area contributed by atoms with Crippen molar-refractivity contribution >= 4 is 11.6 Å². The molecule has 0 unspecified atom stereocenters. The number of likely N-dealkylation sites (tertiary alicyclic amines) is 1. The monoisotopic (exact) mass is 458 g/mol. The SMILES string of the molecule is COc1ccc(NC(=O)c2ccc(-c3ccccc3CO)cc2)cc1C1CCN(C(C)C)CC1. The Hall–Kier alpha value is -3.15. The summed E-state index contributed by atoms with van der Waals surface area (Å²) in [6.07, 6.45) is 2.17. The van der Waals surface area contributed by atoms with Gasteiger partial charge in [-0.1, -0.05) is 36.4 Å². The summed E-state index contributed by atoms with van der Waals surface area (Å²) in [6, 6.07) is 21.7. The zero-order valence-corrected chi connectivity index (χ0v) is 20.3. The maximum atomic E-state index is 13.0. The third-order valence-electron chi connectivity index (χ3n) is 6.83. The zero-order valence-electron chi connectivity index (χ0n) is 20.3. The van der Waals surface area contributed by atoms with E-state index < -0.39 is 0 Å². The van der Waals surface area contributed by atoms with E-state index in [-0.39, 0.29) is 12.5 Å². The van der Waals surface area contributed by atoms with Crippen LogP contribution in [0.15, 0.2) is 66.7 Å². The van der Waals surface area contributed by atoms with Gasteiger partial charge in [-0.2, -0.15) is 0 Å². The molecule has 3 aromatic carbocycles. The summed E-state index contributed by atoms with van der Waals surface area (Å²) < 4.78 is 5.65. The second-order valence-electron chi connectivity index (χ2n) is 9.21. The summed E-state index contributed by atoms with van der Waals surface area (Å²) in [5, 5.41) is 12.7. The minimum absolute atomic E-state index is 0.0191. The van der Waals surface area contributed by atoms with Crippen molar-refractivity contribution in [1.29, 1.82) is 0 Å². The fraction of sp³-hybridized carbons (Fsp3) is 0.345. The molecular weight excluding hydrogens is 424 g/mol. The van der Waals surface area contributed by atoms with Crippen molar-refractivity contribution in [2.24, 2.45) is 0 Å². The first-order valence-corrected chi connectivity index (χ1v) is 12.0. The smallest absolute Gasteiger partial charge is 0.255 e. The molecule has 34 heavy (non-hydrogen) atoms. The van der Waals surface area contributed by atoms with Crippen LogP contribution in [0.1, 0.15) is 54.1 Å². The van der Waals surface area contributed by atoms with E-state index in [1.807, 2.05) is 60.7 Å². The van der Waals surface area contributed by atoms with Crippen LogP contribution in [0, 0.1) is 0 Å². The first-order valence-electron chi connectivity index (χ1n) is 12.0. The Morgan fingerprint density at radius 2 is 1.76 bits per heavy atom. The summed E-state index contributed by atoms with van der Waals surface area (Å²) in [7, 11) is 1.71. The highest BCUT2D eigenvalue weighted by Crippen LogP contribution is 2.36. The molecule has 0 bridgehead atoms. The summed E-state index contributed by atoms with van der Waals surface area (Å²) in [5.41, 5.74) is 5.35. The number of benzene rings is 3. The molecule has 1 fully saturated rings. The van der Waals surface area contributed by atoms with Crippen LogP contribution in [0.4, 0.5) is 5.69 Å². The average Bonchev–Trinajstić information content (AvgIpc) is 2.88. The van der Waals surface area contributed by atoms with Gasteiger partial charge in [0.1, 0.15) is 5.75 Å². The number of hydrogen-bond acceptors (Lipinski definition) is 4. The van der Waals surface area contributed by atoms with Crippen molar-refractivity contribution in [1.82, 2.24) is 4.90 Å². The van der Waals surface area contributed by atoms with Crippen molar-refractivity contribution < 1.29 is 14.6 Å². The predicted molar refractivity (Wildman–Crippen MR) is 137 cm³/mol. The van der Waals surface area contributed by atoms with E-state index in [4.69, 9.17) is 4.74 Å². The Balaban J connectivity index is 1.48. The van der Waals surface area contributed by atoms with Gasteiger partial charge >= 0.3 is 0 Å². The minimum Gasteiger partial charge on any atom is -0.496 e. The van der Waals surface area contributed by atoms with Crippen LogP contribution in [-0.2, 0) is 6.61 Å². The Labute approximate surface area is 202 Å². The molecule has 0 spiro atoms. The standard InChI is InChI=1S/C29H34N2O3/c1-20(2)31-16-14-22(15-17-31)27-18-25(12-13-28(27)34-3)30-29(33)23-10-8-21(9-11-23)26-7-5-4-6-24(26)19-32/h4-13,18,20,22,32H,14-17,19H2,1-3H3,(H,30,33). The van der Waals surface area contributed by atoms with Gasteiger partial charge in [0.25, 0.3) is 5.91 Å². The zero-order chi connectivity index (χ0) is 24.1. The van der Waals surface area contributed by atoms with Gasteiger partial charge in [0, 0.05) is 17.3 Å². The first-order chi connectivity index (χ1) is 16.5. The quantitative estimate of drug-likeness (QED) is 0.477. The maximum absolute atomic E-state index is 13.0. The molecule has 1 aliphatic rings. The Kier molecular flexibility index (Phi) is 7.66. The maximum Gasteiger partial charge on any atom is 0.255 e. The molecule has 0 radical (unpaired) electrons. The van der Waals surface area contributed by atoms with E-state index in [2.05, 4.69) is 30.1 Å². The van der Waals surface area contributed by atoms with Gasteiger partial charge in [0.05, 0.1) is 13.7 Å². The molecule has 0 saturated carbocycles. The van der Waals surface area contributed by atoms with Gasteiger partial charge in [-0.15, -0.1) is 0 Å². The van der Waals surface area contributed by atoms with Gasteiger partial charge in [-0.25, -0.2) is 0 Å². The Bertz CT molecular complexity index is 1120. The van der Waals surface area contributed by atoms with E-state index in [9.17, 15) is 9.90 Å². The highest BCUT2D eigenvalue weighted by atomic mass is 16.5. The van der Waals surface area contributed by atoms with E-state index >= 15 is 0 Å². The summed E-state index contributed by atoms with van der Waals surface area (Å²) in [6.45, 7) is 6.63. The normalized spacial score (nSPS) is 14.9. The highest BCUT2D eigenvalue weighted by molar-refractivity contribution is 6.04. The molecule has 3 aromatic rings. The molecule has 0 atom stereocenters. The molecule has 178 valence electrons. The van der Waals surface area contributed by atoms with E-state index in [0.29, 0.717) is 17.5 Å². The van der Waals surface area contributed by atoms with Crippen LogP contribution in [0.2, 0.25) is 0 Å². The number of aliphatic hydroxyl groups is 1. The fourth-order valence-corrected chi connectivity index (χ4v) is 4.80. The van der Waals surface area contributed by atoms with Crippen LogP contribution in [0.25, 0.3) is 11.1 Å². The van der Waals surface area contributed by atoms with E-state index in [1.54, 1.807) is 7.11 Å². The number of aliphatic hydroxyl groups excluding tert-OH is 1. The third-order valence-corrected chi connectivity index (χ3v) is 6.83. The lowest BCUT2D eigenvalue weighted by Gasteiger charge is -2.35. The van der Waals surface area contributed by atoms with Gasteiger partial charge in [0.2, 0.25) is 0 Å². The summed E-state index contributed by atoms with van der Waals surface area (Å²) >= 11 is 0. The van der Waals surface area contributed by atoms with Crippen LogP contribution in [-0.4, -0.2) is 42.2 Å². The lowest BCUT2D eigenvalue weighted by atomic mass is 9.88. The fourth-order valence-electron chi connectivity index (χ4n) is 4.80. The number of carbonyl (C=O) groups is 1. The average molecular weight is 459 g/mol. The minimum atomic E-state index is -0.146. The summed E-state index contributed by atoms with van der Waals surface area (Å²) in [4.78, 5) is 15.5. The molecule has 1 saturated heterocycles.